The fourth-order valence-electron chi connectivity index (χ4n) is 3.75. The Hall–Kier alpha value is -3.40. The zero-order chi connectivity index (χ0) is 20.4. The molecule has 4 nitrogen and oxygen atoms in total. The number of carbonyl (C=O) groups excluding carboxylic acids is 2. The molecule has 0 radical (unpaired) electrons. The lowest BCUT2D eigenvalue weighted by Gasteiger charge is -2.28. The number of fused-ring (bicyclic) bond motifs is 1. The first-order valence-corrected chi connectivity index (χ1v) is 9.83. The minimum Gasteiger partial charge on any atom is -0.327 e. The Kier molecular flexibility index (Phi) is 5.17. The van der Waals surface area contributed by atoms with Crippen molar-refractivity contribution in [2.75, 3.05) is 5.32 Å². The maximum atomic E-state index is 13.0. The molecule has 0 spiro atoms. The molecule has 1 N–H and O–H groups in total. The van der Waals surface area contributed by atoms with Gasteiger partial charge in [0.25, 0.3) is 5.91 Å². The van der Waals surface area contributed by atoms with Crippen LogP contribution in [-0.2, 0) is 11.3 Å². The molecule has 4 rings (SSSR count). The van der Waals surface area contributed by atoms with Gasteiger partial charge in [0.05, 0.1) is 12.5 Å². The van der Waals surface area contributed by atoms with Crippen molar-refractivity contribution >= 4 is 17.5 Å². The van der Waals surface area contributed by atoms with Gasteiger partial charge in [-0.15, -0.1) is 0 Å². The summed E-state index contributed by atoms with van der Waals surface area (Å²) in [7, 11) is 0. The van der Waals surface area contributed by atoms with E-state index >= 15 is 0 Å². The molecule has 0 aromatic heterocycles. The Morgan fingerprint density at radius 3 is 2.21 bits per heavy atom. The summed E-state index contributed by atoms with van der Waals surface area (Å²) < 4.78 is 0. The van der Waals surface area contributed by atoms with Crippen molar-refractivity contribution in [3.05, 3.63) is 101 Å². The van der Waals surface area contributed by atoms with Crippen molar-refractivity contribution < 1.29 is 9.59 Å². The van der Waals surface area contributed by atoms with E-state index in [-0.39, 0.29) is 24.3 Å². The first-order valence-electron chi connectivity index (χ1n) is 9.83. The van der Waals surface area contributed by atoms with Gasteiger partial charge in [-0.25, -0.2) is 0 Å². The molecular formula is C25H24N2O2. The fourth-order valence-corrected chi connectivity index (χ4v) is 3.75. The smallest absolute Gasteiger partial charge is 0.255 e. The van der Waals surface area contributed by atoms with Crippen LogP contribution in [0.2, 0.25) is 0 Å². The molecule has 1 aliphatic rings. The van der Waals surface area contributed by atoms with E-state index in [1.807, 2.05) is 91.5 Å². The quantitative estimate of drug-likeness (QED) is 0.671. The van der Waals surface area contributed by atoms with Crippen molar-refractivity contribution in [2.24, 2.45) is 0 Å². The van der Waals surface area contributed by atoms with Gasteiger partial charge in [0.15, 0.2) is 0 Å². The Balaban J connectivity index is 1.59. The van der Waals surface area contributed by atoms with Gasteiger partial charge in [-0.1, -0.05) is 65.7 Å². The van der Waals surface area contributed by atoms with Gasteiger partial charge in [0, 0.05) is 17.8 Å². The molecule has 1 aliphatic heterocycles. The van der Waals surface area contributed by atoms with Crippen molar-refractivity contribution in [1.82, 2.24) is 4.90 Å². The Morgan fingerprint density at radius 2 is 1.55 bits per heavy atom. The van der Waals surface area contributed by atoms with Crippen LogP contribution >= 0.6 is 0 Å². The first kappa shape index (κ1) is 18.9. The predicted octanol–water partition coefficient (Wildman–Crippen LogP) is 5.03. The van der Waals surface area contributed by atoms with E-state index in [2.05, 4.69) is 5.32 Å². The molecule has 146 valence electrons. The van der Waals surface area contributed by atoms with Crippen LogP contribution in [0, 0.1) is 13.8 Å². The molecular weight excluding hydrogens is 360 g/mol. The highest BCUT2D eigenvalue weighted by Crippen LogP contribution is 2.33. The van der Waals surface area contributed by atoms with Crippen LogP contribution < -0.4 is 5.32 Å². The molecule has 3 aromatic carbocycles. The van der Waals surface area contributed by atoms with Gasteiger partial charge in [-0.2, -0.15) is 0 Å². The summed E-state index contributed by atoms with van der Waals surface area (Å²) in [4.78, 5) is 27.7. The van der Waals surface area contributed by atoms with E-state index in [0.29, 0.717) is 6.54 Å². The maximum absolute atomic E-state index is 13.0. The second-order valence-corrected chi connectivity index (χ2v) is 7.64. The van der Waals surface area contributed by atoms with Crippen molar-refractivity contribution in [1.29, 1.82) is 0 Å². The highest BCUT2D eigenvalue weighted by atomic mass is 16.2. The van der Waals surface area contributed by atoms with Crippen LogP contribution in [0.4, 0.5) is 5.69 Å². The number of anilines is 1. The van der Waals surface area contributed by atoms with Gasteiger partial charge < -0.3 is 10.2 Å². The molecule has 0 saturated heterocycles. The van der Waals surface area contributed by atoms with Gasteiger partial charge in [0.1, 0.15) is 0 Å². The normalized spacial score (nSPS) is 13.9. The van der Waals surface area contributed by atoms with Gasteiger partial charge in [-0.05, 0) is 43.2 Å². The van der Waals surface area contributed by atoms with Crippen LogP contribution in [0.15, 0.2) is 72.8 Å². The van der Waals surface area contributed by atoms with E-state index in [4.69, 9.17) is 0 Å². The number of rotatable bonds is 5. The average molecular weight is 384 g/mol. The first-order chi connectivity index (χ1) is 14.0. The number of nitrogens with one attached hydrogen (secondary N) is 1. The van der Waals surface area contributed by atoms with E-state index in [1.54, 1.807) is 0 Å². The number of hydrogen-bond donors (Lipinski definition) is 1. The fraction of sp³-hybridized carbons (Fsp3) is 0.200. The summed E-state index contributed by atoms with van der Waals surface area (Å²) >= 11 is 0. The Labute approximate surface area is 171 Å². The number of benzene rings is 3. The zero-order valence-electron chi connectivity index (χ0n) is 16.7. The van der Waals surface area contributed by atoms with Crippen LogP contribution in [0.3, 0.4) is 0 Å². The van der Waals surface area contributed by atoms with Crippen LogP contribution in [0.25, 0.3) is 0 Å². The van der Waals surface area contributed by atoms with Gasteiger partial charge in [0.2, 0.25) is 5.91 Å². The molecule has 2 amide bonds. The van der Waals surface area contributed by atoms with E-state index in [1.165, 1.54) is 0 Å². The SMILES string of the molecule is Cc1ccc(NC(=O)C[C@@H](c2ccc(C)cc2)N2Cc3ccccc3C2=O)cc1. The number of carbonyl (C=O) groups is 2. The summed E-state index contributed by atoms with van der Waals surface area (Å²) in [5.74, 6) is -0.127. The predicted molar refractivity (Wildman–Crippen MR) is 115 cm³/mol. The van der Waals surface area contributed by atoms with Crippen molar-refractivity contribution in [3.63, 3.8) is 0 Å². The molecule has 1 heterocycles. The standard InChI is InChI=1S/C25H24N2O2/c1-17-7-11-19(12-8-17)23(15-24(28)26-21-13-9-18(2)10-14-21)27-16-20-5-3-4-6-22(20)25(27)29/h3-14,23H,15-16H2,1-2H3,(H,26,28)/t23-/m0/s1. The number of nitrogens with zero attached hydrogens (tertiary/aromatic N) is 1. The third-order valence-corrected chi connectivity index (χ3v) is 5.40. The number of aryl methyl sites for hydroxylation is 2. The lowest BCUT2D eigenvalue weighted by atomic mass is 10.00. The molecule has 4 heteroatoms. The molecule has 3 aromatic rings. The third-order valence-electron chi connectivity index (χ3n) is 5.40. The number of hydrogen-bond acceptors (Lipinski definition) is 2. The van der Waals surface area contributed by atoms with Crippen LogP contribution in [0.1, 0.15) is 45.1 Å². The topological polar surface area (TPSA) is 49.4 Å². The summed E-state index contributed by atoms with van der Waals surface area (Å²) in [5, 5.41) is 2.96. The van der Waals surface area contributed by atoms with Crippen LogP contribution in [0.5, 0.6) is 0 Å². The summed E-state index contributed by atoms with van der Waals surface area (Å²) in [6.07, 6.45) is 0.205. The van der Waals surface area contributed by atoms with Crippen molar-refractivity contribution in [3.8, 4) is 0 Å². The molecule has 1 atom stereocenters. The van der Waals surface area contributed by atoms with Gasteiger partial charge >= 0.3 is 0 Å². The lowest BCUT2D eigenvalue weighted by molar-refractivity contribution is -0.117. The second kappa shape index (κ2) is 7.92. The Bertz CT molecular complexity index is 1040. The summed E-state index contributed by atoms with van der Waals surface area (Å²) in [6.45, 7) is 4.56. The highest BCUT2D eigenvalue weighted by molar-refractivity contribution is 5.99. The summed E-state index contributed by atoms with van der Waals surface area (Å²) in [5.41, 5.74) is 5.75. The highest BCUT2D eigenvalue weighted by Gasteiger charge is 2.34. The minimum atomic E-state index is -0.319. The second-order valence-electron chi connectivity index (χ2n) is 7.64. The molecule has 29 heavy (non-hydrogen) atoms. The summed E-state index contributed by atoms with van der Waals surface area (Å²) in [6, 6.07) is 23.1. The lowest BCUT2D eigenvalue weighted by Crippen LogP contribution is -2.32. The van der Waals surface area contributed by atoms with Gasteiger partial charge in [-0.3, -0.25) is 9.59 Å². The molecule has 0 unspecified atom stereocenters. The maximum Gasteiger partial charge on any atom is 0.255 e. The van der Waals surface area contributed by atoms with E-state index in [9.17, 15) is 9.59 Å². The Morgan fingerprint density at radius 1 is 0.931 bits per heavy atom. The monoisotopic (exact) mass is 384 g/mol. The third kappa shape index (κ3) is 4.06. The minimum absolute atomic E-state index is 0.0192. The molecule has 0 bridgehead atoms. The number of amides is 2. The molecule has 0 aliphatic carbocycles. The largest absolute Gasteiger partial charge is 0.327 e. The van der Waals surface area contributed by atoms with Crippen molar-refractivity contribution in [2.45, 2.75) is 32.9 Å². The average Bonchev–Trinajstić information content (AvgIpc) is 3.05. The van der Waals surface area contributed by atoms with E-state index in [0.717, 1.165) is 33.5 Å². The van der Waals surface area contributed by atoms with Crippen LogP contribution in [-0.4, -0.2) is 16.7 Å². The molecule has 0 fully saturated rings. The van der Waals surface area contributed by atoms with E-state index < -0.39 is 0 Å². The molecule has 0 saturated carbocycles. The zero-order valence-corrected chi connectivity index (χ0v) is 16.7.